The smallest absolute Gasteiger partial charge is 0.0354 e. The van der Waals surface area contributed by atoms with E-state index in [9.17, 15) is 0 Å². The quantitative estimate of drug-likeness (QED) is 0.337. The fraction of sp³-hybridized carbons (Fsp3) is 0.212. The lowest BCUT2D eigenvalue weighted by Gasteiger charge is -2.24. The highest BCUT2D eigenvalue weighted by Crippen LogP contribution is 2.51. The summed E-state index contributed by atoms with van der Waals surface area (Å²) in [7, 11) is 0. The third kappa shape index (κ3) is 4.45. The van der Waals surface area contributed by atoms with Crippen LogP contribution in [0.25, 0.3) is 27.3 Å². The maximum Gasteiger partial charge on any atom is 0.0354 e. The zero-order valence-electron chi connectivity index (χ0n) is 21.5. The molecule has 1 aliphatic rings. The van der Waals surface area contributed by atoms with Crippen LogP contribution in [-0.2, 0) is 5.41 Å². The number of allylic oxidation sites excluding steroid dienone is 8. The van der Waals surface area contributed by atoms with E-state index in [0.717, 1.165) is 5.57 Å². The maximum absolute atomic E-state index is 4.23. The zero-order valence-corrected chi connectivity index (χ0v) is 22.3. The lowest BCUT2D eigenvalue weighted by Crippen LogP contribution is -2.17. The van der Waals surface area contributed by atoms with E-state index in [1.165, 1.54) is 53.9 Å². The Morgan fingerprint density at radius 1 is 1.00 bits per heavy atom. The summed E-state index contributed by atoms with van der Waals surface area (Å²) in [4.78, 5) is 1.30. The van der Waals surface area contributed by atoms with E-state index in [1.54, 1.807) is 0 Å². The van der Waals surface area contributed by atoms with Gasteiger partial charge in [-0.05, 0) is 83.7 Å². The molecule has 0 unspecified atom stereocenters. The Bertz CT molecular complexity index is 1350. The van der Waals surface area contributed by atoms with Gasteiger partial charge in [-0.1, -0.05) is 100 Å². The minimum Gasteiger partial charge on any atom is -0.136 e. The van der Waals surface area contributed by atoms with Crippen LogP contribution in [0.4, 0.5) is 0 Å². The molecule has 34 heavy (non-hydrogen) atoms. The van der Waals surface area contributed by atoms with Crippen LogP contribution in [0.5, 0.6) is 0 Å². The predicted octanol–water partition coefficient (Wildman–Crippen LogP) is 10.2. The summed E-state index contributed by atoms with van der Waals surface area (Å²) in [5.74, 6) is 0. The van der Waals surface area contributed by atoms with Crippen LogP contribution < -0.4 is 0 Å². The van der Waals surface area contributed by atoms with Gasteiger partial charge in [0.15, 0.2) is 0 Å². The molecule has 174 valence electrons. The second-order valence-corrected chi connectivity index (χ2v) is 10.2. The van der Waals surface area contributed by atoms with Crippen molar-refractivity contribution in [2.75, 3.05) is 0 Å². The number of aryl methyl sites for hydroxylation is 2. The first-order valence-electron chi connectivity index (χ1n) is 11.8. The molecule has 0 bridgehead atoms. The molecule has 0 aliphatic heterocycles. The second-order valence-electron chi connectivity index (χ2n) is 9.14. The van der Waals surface area contributed by atoms with E-state index < -0.39 is 0 Å². The number of rotatable bonds is 4. The molecule has 3 aromatic rings. The SMILES string of the molecule is C=C/C=C1\C(=C/C)c2cccc(C(=C)/C=C\C)c2C1(C)C.C=Cc1sc2cccc(C)c2c1C. The van der Waals surface area contributed by atoms with E-state index in [1.807, 2.05) is 36.5 Å². The first-order chi connectivity index (χ1) is 16.2. The molecule has 1 aromatic heterocycles. The fourth-order valence-electron chi connectivity index (χ4n) is 5.07. The van der Waals surface area contributed by atoms with E-state index in [0.29, 0.717) is 0 Å². The Labute approximate surface area is 210 Å². The van der Waals surface area contributed by atoms with Gasteiger partial charge in [-0.15, -0.1) is 11.3 Å². The van der Waals surface area contributed by atoms with Crippen LogP contribution in [0.1, 0.15) is 60.4 Å². The highest BCUT2D eigenvalue weighted by Gasteiger charge is 2.39. The number of hydrogen-bond donors (Lipinski definition) is 0. The molecule has 0 radical (unpaired) electrons. The average molecular weight is 465 g/mol. The van der Waals surface area contributed by atoms with E-state index in [4.69, 9.17) is 0 Å². The summed E-state index contributed by atoms with van der Waals surface area (Å²) >= 11 is 1.82. The van der Waals surface area contributed by atoms with Gasteiger partial charge in [-0.2, -0.15) is 0 Å². The first-order valence-corrected chi connectivity index (χ1v) is 12.6. The number of hydrogen-bond acceptors (Lipinski definition) is 1. The van der Waals surface area contributed by atoms with Gasteiger partial charge < -0.3 is 0 Å². The summed E-state index contributed by atoms with van der Waals surface area (Å²) in [6.07, 6.45) is 12.3. The van der Waals surface area contributed by atoms with Gasteiger partial charge in [0.2, 0.25) is 0 Å². The molecule has 0 spiro atoms. The van der Waals surface area contributed by atoms with E-state index >= 15 is 0 Å². The molecule has 0 fully saturated rings. The molecule has 0 N–H and O–H groups in total. The van der Waals surface area contributed by atoms with Crippen molar-refractivity contribution in [1.29, 1.82) is 0 Å². The third-order valence-electron chi connectivity index (χ3n) is 6.61. The minimum absolute atomic E-state index is 0.0352. The summed E-state index contributed by atoms with van der Waals surface area (Å²) in [6.45, 7) is 25.0. The van der Waals surface area contributed by atoms with Crippen LogP contribution in [0, 0.1) is 13.8 Å². The molecule has 0 nitrogen and oxygen atoms in total. The lowest BCUT2D eigenvalue weighted by molar-refractivity contribution is 0.659. The molecule has 2 aromatic carbocycles. The highest BCUT2D eigenvalue weighted by molar-refractivity contribution is 7.20. The van der Waals surface area contributed by atoms with Gasteiger partial charge in [0.25, 0.3) is 0 Å². The standard InChI is InChI=1S/C21H24.C12H12S/c1-7-11-15(4)17-13-10-14-18-16(9-3)19(12-8-2)21(5,6)20(17)18;1-4-10-9(3)12-8(2)6-5-7-11(12)13-10/h7-14H,2,4H2,1,3,5-6H3;4-7H,1H2,2-3H3/b11-7-,16-9-,19-12+;. The van der Waals surface area contributed by atoms with Crippen molar-refractivity contribution >= 4 is 38.6 Å². The molecule has 0 atom stereocenters. The number of benzene rings is 2. The second kappa shape index (κ2) is 10.4. The minimum atomic E-state index is -0.0352. The molecule has 1 aliphatic carbocycles. The van der Waals surface area contributed by atoms with Gasteiger partial charge in [0.05, 0.1) is 0 Å². The van der Waals surface area contributed by atoms with Crippen molar-refractivity contribution in [3.8, 4) is 0 Å². The first kappa shape index (κ1) is 25.5. The van der Waals surface area contributed by atoms with Crippen LogP contribution in [0.2, 0.25) is 0 Å². The Morgan fingerprint density at radius 3 is 2.29 bits per heavy atom. The Hall–Kier alpha value is -3.16. The Morgan fingerprint density at radius 2 is 1.71 bits per heavy atom. The van der Waals surface area contributed by atoms with Crippen molar-refractivity contribution in [2.45, 2.75) is 47.0 Å². The molecule has 0 saturated carbocycles. The Balaban J connectivity index is 0.000000212. The van der Waals surface area contributed by atoms with Gasteiger partial charge in [0.1, 0.15) is 0 Å². The topological polar surface area (TPSA) is 0 Å². The number of thiophene rings is 1. The number of fused-ring (bicyclic) bond motifs is 2. The highest BCUT2D eigenvalue weighted by atomic mass is 32.1. The summed E-state index contributed by atoms with van der Waals surface area (Å²) in [6, 6.07) is 13.0. The van der Waals surface area contributed by atoms with Crippen LogP contribution >= 0.6 is 11.3 Å². The predicted molar refractivity (Wildman–Crippen MR) is 157 cm³/mol. The largest absolute Gasteiger partial charge is 0.136 e. The van der Waals surface area contributed by atoms with Gasteiger partial charge in [0, 0.05) is 15.0 Å². The van der Waals surface area contributed by atoms with Gasteiger partial charge in [-0.25, -0.2) is 0 Å². The molecular formula is C33H36S. The molecule has 1 heteroatoms. The summed E-state index contributed by atoms with van der Waals surface area (Å²) in [5.41, 5.74) is 10.3. The van der Waals surface area contributed by atoms with Gasteiger partial charge >= 0.3 is 0 Å². The zero-order chi connectivity index (χ0) is 25.0. The van der Waals surface area contributed by atoms with Crippen molar-refractivity contribution in [1.82, 2.24) is 0 Å². The van der Waals surface area contributed by atoms with Gasteiger partial charge in [-0.3, -0.25) is 0 Å². The van der Waals surface area contributed by atoms with Crippen molar-refractivity contribution in [3.05, 3.63) is 125 Å². The van der Waals surface area contributed by atoms with Crippen molar-refractivity contribution < 1.29 is 0 Å². The molecule has 0 saturated heterocycles. The molecule has 4 rings (SSSR count). The summed E-state index contributed by atoms with van der Waals surface area (Å²) in [5, 5.41) is 1.41. The third-order valence-corrected chi connectivity index (χ3v) is 7.87. The van der Waals surface area contributed by atoms with E-state index in [-0.39, 0.29) is 5.41 Å². The van der Waals surface area contributed by atoms with Crippen molar-refractivity contribution in [3.63, 3.8) is 0 Å². The fourth-order valence-corrected chi connectivity index (χ4v) is 6.21. The monoisotopic (exact) mass is 464 g/mol. The van der Waals surface area contributed by atoms with Crippen molar-refractivity contribution in [2.24, 2.45) is 0 Å². The normalized spacial score (nSPS) is 16.5. The van der Waals surface area contributed by atoms with Crippen LogP contribution in [0.15, 0.2) is 92.1 Å². The van der Waals surface area contributed by atoms with Crippen LogP contribution in [-0.4, -0.2) is 0 Å². The molecule has 0 amide bonds. The summed E-state index contributed by atoms with van der Waals surface area (Å²) < 4.78 is 1.37. The maximum atomic E-state index is 4.23. The molecular weight excluding hydrogens is 428 g/mol. The van der Waals surface area contributed by atoms with Crippen LogP contribution in [0.3, 0.4) is 0 Å². The lowest BCUT2D eigenvalue weighted by atomic mass is 9.78. The van der Waals surface area contributed by atoms with E-state index in [2.05, 4.69) is 109 Å². The average Bonchev–Trinajstić information content (AvgIpc) is 3.26. The Kier molecular flexibility index (Phi) is 7.79. The molecule has 1 heterocycles.